The summed E-state index contributed by atoms with van der Waals surface area (Å²) >= 11 is 4.43. The Labute approximate surface area is 117 Å². The lowest BCUT2D eigenvalue weighted by Crippen LogP contribution is -2.28. The van der Waals surface area contributed by atoms with Gasteiger partial charge in [0.2, 0.25) is 0 Å². The molecule has 0 amide bonds. The number of hydrogen-bond acceptors (Lipinski definition) is 3. The minimum absolute atomic E-state index is 0.215. The second-order valence-electron chi connectivity index (χ2n) is 5.81. The molecule has 0 N–H and O–H groups in total. The Kier molecular flexibility index (Phi) is 5.51. The first-order valence-electron chi connectivity index (χ1n) is 6.58. The van der Waals surface area contributed by atoms with Gasteiger partial charge in [0, 0.05) is 11.6 Å². The van der Waals surface area contributed by atoms with Crippen molar-refractivity contribution in [2.45, 2.75) is 41.0 Å². The molecule has 3 heteroatoms. The molecule has 0 radical (unpaired) electrons. The number of ether oxygens (including phenoxy) is 1. The van der Waals surface area contributed by atoms with Crippen molar-refractivity contribution in [3.8, 4) is 5.75 Å². The van der Waals surface area contributed by atoms with Crippen LogP contribution in [0.25, 0.3) is 0 Å². The molecule has 18 heavy (non-hydrogen) atoms. The number of aryl methyl sites for hydroxylation is 2. The van der Waals surface area contributed by atoms with E-state index in [9.17, 15) is 0 Å². The van der Waals surface area contributed by atoms with Crippen LogP contribution in [0.4, 0.5) is 0 Å². The Balaban J connectivity index is 2.73. The molecule has 1 aromatic rings. The highest BCUT2D eigenvalue weighted by Gasteiger charge is 2.24. The molecular formula is C15H25NOS. The molecular weight excluding hydrogens is 242 g/mol. The lowest BCUT2D eigenvalue weighted by molar-refractivity contribution is 0.164. The summed E-state index contributed by atoms with van der Waals surface area (Å²) in [6.45, 7) is 11.5. The zero-order chi connectivity index (χ0) is 13.8. The van der Waals surface area contributed by atoms with Crippen LogP contribution in [0.2, 0.25) is 0 Å². The largest absolute Gasteiger partial charge is 0.491 e. The molecule has 1 heterocycles. The van der Waals surface area contributed by atoms with Gasteiger partial charge in [-0.1, -0.05) is 27.7 Å². The SMILES string of the molecule is CCc1nc(C)ccc1OCC(CS)C(C)(C)C. The van der Waals surface area contributed by atoms with Gasteiger partial charge >= 0.3 is 0 Å². The standard InChI is InChI=1S/C15H25NOS/c1-6-13-14(8-7-11(2)16-13)17-9-12(10-18)15(3,4)5/h7-8,12,18H,6,9-10H2,1-5H3. The fourth-order valence-corrected chi connectivity index (χ4v) is 2.40. The Bertz CT molecular complexity index is 385. The van der Waals surface area contributed by atoms with E-state index in [1.54, 1.807) is 0 Å². The third-order valence-electron chi connectivity index (χ3n) is 3.29. The van der Waals surface area contributed by atoms with Gasteiger partial charge in [-0.3, -0.25) is 4.98 Å². The number of nitrogens with zero attached hydrogens (tertiary/aromatic N) is 1. The second kappa shape index (κ2) is 6.46. The van der Waals surface area contributed by atoms with Crippen LogP contribution >= 0.6 is 12.6 Å². The highest BCUT2D eigenvalue weighted by atomic mass is 32.1. The molecule has 1 atom stereocenters. The van der Waals surface area contributed by atoms with E-state index in [1.807, 2.05) is 19.1 Å². The lowest BCUT2D eigenvalue weighted by atomic mass is 9.82. The van der Waals surface area contributed by atoms with E-state index < -0.39 is 0 Å². The van der Waals surface area contributed by atoms with Crippen LogP contribution in [-0.2, 0) is 6.42 Å². The summed E-state index contributed by atoms with van der Waals surface area (Å²) in [5.74, 6) is 2.19. The highest BCUT2D eigenvalue weighted by molar-refractivity contribution is 7.80. The number of hydrogen-bond donors (Lipinski definition) is 1. The topological polar surface area (TPSA) is 22.1 Å². The maximum Gasteiger partial charge on any atom is 0.140 e. The summed E-state index contributed by atoms with van der Waals surface area (Å²) in [6.07, 6.45) is 0.901. The van der Waals surface area contributed by atoms with Crippen LogP contribution in [0.3, 0.4) is 0 Å². The van der Waals surface area contributed by atoms with Gasteiger partial charge in [0.15, 0.2) is 0 Å². The number of thiol groups is 1. The summed E-state index contributed by atoms with van der Waals surface area (Å²) in [7, 11) is 0. The molecule has 0 aliphatic carbocycles. The van der Waals surface area contributed by atoms with E-state index in [1.165, 1.54) is 0 Å². The maximum atomic E-state index is 5.95. The molecule has 0 spiro atoms. The highest BCUT2D eigenvalue weighted by Crippen LogP contribution is 2.28. The van der Waals surface area contributed by atoms with Gasteiger partial charge in [-0.2, -0.15) is 12.6 Å². The van der Waals surface area contributed by atoms with Crippen LogP contribution in [0.5, 0.6) is 5.75 Å². The quantitative estimate of drug-likeness (QED) is 0.817. The molecule has 1 aromatic heterocycles. The van der Waals surface area contributed by atoms with E-state index in [0.29, 0.717) is 12.5 Å². The van der Waals surface area contributed by atoms with Crippen molar-refractivity contribution < 1.29 is 4.74 Å². The predicted octanol–water partition coefficient (Wildman–Crippen LogP) is 3.92. The Morgan fingerprint density at radius 3 is 2.50 bits per heavy atom. The van der Waals surface area contributed by atoms with E-state index in [-0.39, 0.29) is 5.41 Å². The van der Waals surface area contributed by atoms with Crippen molar-refractivity contribution in [3.63, 3.8) is 0 Å². The normalized spacial score (nSPS) is 13.4. The summed E-state index contributed by atoms with van der Waals surface area (Å²) in [5, 5.41) is 0. The van der Waals surface area contributed by atoms with Gasteiger partial charge in [-0.25, -0.2) is 0 Å². The average molecular weight is 267 g/mol. The molecule has 0 saturated heterocycles. The van der Waals surface area contributed by atoms with Crippen molar-refractivity contribution in [2.24, 2.45) is 11.3 Å². The number of pyridine rings is 1. The fourth-order valence-electron chi connectivity index (χ4n) is 1.75. The van der Waals surface area contributed by atoms with E-state index in [0.717, 1.165) is 29.3 Å². The molecule has 0 bridgehead atoms. The minimum atomic E-state index is 0.215. The first kappa shape index (κ1) is 15.4. The molecule has 0 aromatic carbocycles. The van der Waals surface area contributed by atoms with E-state index in [4.69, 9.17) is 4.74 Å². The summed E-state index contributed by atoms with van der Waals surface area (Å²) in [4.78, 5) is 4.51. The summed E-state index contributed by atoms with van der Waals surface area (Å²) < 4.78 is 5.95. The van der Waals surface area contributed by atoms with Crippen molar-refractivity contribution in [2.75, 3.05) is 12.4 Å². The third-order valence-corrected chi connectivity index (χ3v) is 3.73. The number of aromatic nitrogens is 1. The number of rotatable bonds is 5. The lowest BCUT2D eigenvalue weighted by Gasteiger charge is -2.29. The van der Waals surface area contributed by atoms with Crippen LogP contribution in [-0.4, -0.2) is 17.3 Å². The van der Waals surface area contributed by atoms with Crippen LogP contribution < -0.4 is 4.74 Å². The van der Waals surface area contributed by atoms with Crippen molar-refractivity contribution >= 4 is 12.6 Å². The van der Waals surface area contributed by atoms with Gasteiger partial charge in [-0.15, -0.1) is 0 Å². The molecule has 0 aliphatic heterocycles. The first-order chi connectivity index (χ1) is 8.38. The minimum Gasteiger partial charge on any atom is -0.491 e. The van der Waals surface area contributed by atoms with E-state index in [2.05, 4.69) is 45.3 Å². The van der Waals surface area contributed by atoms with Crippen LogP contribution in [0.1, 0.15) is 39.1 Å². The van der Waals surface area contributed by atoms with Crippen molar-refractivity contribution in [1.82, 2.24) is 4.98 Å². The fraction of sp³-hybridized carbons (Fsp3) is 0.667. The molecule has 0 fully saturated rings. The van der Waals surface area contributed by atoms with Gasteiger partial charge in [0.25, 0.3) is 0 Å². The Morgan fingerprint density at radius 1 is 1.33 bits per heavy atom. The van der Waals surface area contributed by atoms with Gasteiger partial charge in [-0.05, 0) is 36.6 Å². The second-order valence-corrected chi connectivity index (χ2v) is 6.17. The maximum absolute atomic E-state index is 5.95. The third kappa shape index (κ3) is 4.20. The monoisotopic (exact) mass is 267 g/mol. The molecule has 102 valence electrons. The summed E-state index contributed by atoms with van der Waals surface area (Å²) in [6, 6.07) is 4.03. The van der Waals surface area contributed by atoms with E-state index >= 15 is 0 Å². The molecule has 1 rings (SSSR count). The molecule has 0 saturated carbocycles. The molecule has 0 aliphatic rings. The van der Waals surface area contributed by atoms with Crippen LogP contribution in [0.15, 0.2) is 12.1 Å². The molecule has 1 unspecified atom stereocenters. The average Bonchev–Trinajstić information content (AvgIpc) is 2.29. The Hall–Kier alpha value is -0.700. The zero-order valence-electron chi connectivity index (χ0n) is 12.2. The molecule has 2 nitrogen and oxygen atoms in total. The first-order valence-corrected chi connectivity index (χ1v) is 7.22. The van der Waals surface area contributed by atoms with Crippen LogP contribution in [0, 0.1) is 18.3 Å². The zero-order valence-corrected chi connectivity index (χ0v) is 13.1. The smallest absolute Gasteiger partial charge is 0.140 e. The van der Waals surface area contributed by atoms with Gasteiger partial charge in [0.1, 0.15) is 5.75 Å². The van der Waals surface area contributed by atoms with Crippen molar-refractivity contribution in [1.29, 1.82) is 0 Å². The van der Waals surface area contributed by atoms with Crippen molar-refractivity contribution in [3.05, 3.63) is 23.5 Å². The predicted molar refractivity (Wildman–Crippen MR) is 80.6 cm³/mol. The Morgan fingerprint density at radius 2 is 2.00 bits per heavy atom. The summed E-state index contributed by atoms with van der Waals surface area (Å²) in [5.41, 5.74) is 2.30. The van der Waals surface area contributed by atoms with Gasteiger partial charge < -0.3 is 4.74 Å². The van der Waals surface area contributed by atoms with Gasteiger partial charge in [0.05, 0.1) is 12.3 Å².